The number of aryl methyl sites for hydroxylation is 2. The molecule has 2 N–H and O–H groups in total. The second-order valence-corrected chi connectivity index (χ2v) is 5.32. The van der Waals surface area contributed by atoms with Gasteiger partial charge in [0.2, 0.25) is 0 Å². The summed E-state index contributed by atoms with van der Waals surface area (Å²) in [4.78, 5) is 16.0. The van der Waals surface area contributed by atoms with Crippen molar-refractivity contribution in [1.29, 1.82) is 0 Å². The van der Waals surface area contributed by atoms with Gasteiger partial charge in [0.1, 0.15) is 0 Å². The lowest BCUT2D eigenvalue weighted by atomic mass is 10.1. The fraction of sp³-hybridized carbons (Fsp3) is 0.176. The van der Waals surface area contributed by atoms with Crippen molar-refractivity contribution in [2.75, 3.05) is 10.6 Å². The average molecular weight is 331 g/mol. The molecule has 0 saturated carbocycles. The minimum absolute atomic E-state index is 0. The van der Waals surface area contributed by atoms with Crippen molar-refractivity contribution < 1.29 is 4.79 Å². The van der Waals surface area contributed by atoms with Crippen molar-refractivity contribution in [3.05, 3.63) is 54.0 Å². The predicted octanol–water partition coefficient (Wildman–Crippen LogP) is 4.26. The number of aromatic nitrogens is 2. The number of fused-ring (bicyclic) bond motifs is 1. The van der Waals surface area contributed by atoms with E-state index in [9.17, 15) is 4.79 Å². The van der Waals surface area contributed by atoms with E-state index < -0.39 is 0 Å². The lowest BCUT2D eigenvalue weighted by Gasteiger charge is -2.08. The number of carbonyl (C=O) groups excluding carboxylic acids is 1. The van der Waals surface area contributed by atoms with Gasteiger partial charge in [0.25, 0.3) is 0 Å². The summed E-state index contributed by atoms with van der Waals surface area (Å²) < 4.78 is 2.16. The van der Waals surface area contributed by atoms with Gasteiger partial charge < -0.3 is 15.2 Å². The third-order valence-corrected chi connectivity index (χ3v) is 3.99. The number of anilines is 2. The van der Waals surface area contributed by atoms with Crippen LogP contribution in [0.5, 0.6) is 0 Å². The number of urea groups is 1. The first-order valence-corrected chi connectivity index (χ1v) is 7.10. The van der Waals surface area contributed by atoms with Crippen LogP contribution in [0.2, 0.25) is 0 Å². The summed E-state index contributed by atoms with van der Waals surface area (Å²) >= 11 is 0. The monoisotopic (exact) mass is 330 g/mol. The molecule has 0 aliphatic carbocycles. The molecular weight excluding hydrogens is 312 g/mol. The van der Waals surface area contributed by atoms with Crippen LogP contribution in [0.25, 0.3) is 10.9 Å². The molecule has 5 nitrogen and oxygen atoms in total. The normalized spacial score (nSPS) is 10.2. The summed E-state index contributed by atoms with van der Waals surface area (Å²) in [7, 11) is 2.05. The van der Waals surface area contributed by atoms with Crippen LogP contribution in [0.4, 0.5) is 16.2 Å². The summed E-state index contributed by atoms with van der Waals surface area (Å²) in [5.41, 5.74) is 5.05. The van der Waals surface area contributed by atoms with Gasteiger partial charge in [-0.15, -0.1) is 12.4 Å². The fourth-order valence-corrected chi connectivity index (χ4v) is 2.56. The van der Waals surface area contributed by atoms with E-state index >= 15 is 0 Å². The number of nitrogens with zero attached hydrogens (tertiary/aromatic N) is 2. The van der Waals surface area contributed by atoms with Gasteiger partial charge in [0.15, 0.2) is 0 Å². The Morgan fingerprint density at radius 3 is 2.57 bits per heavy atom. The third kappa shape index (κ3) is 3.29. The van der Waals surface area contributed by atoms with Gasteiger partial charge in [-0.3, -0.25) is 4.98 Å². The summed E-state index contributed by atoms with van der Waals surface area (Å²) in [5.74, 6) is 0. The molecular formula is C17H19ClN4O. The Morgan fingerprint density at radius 1 is 1.13 bits per heavy atom. The van der Waals surface area contributed by atoms with Gasteiger partial charge in [-0.2, -0.15) is 0 Å². The highest BCUT2D eigenvalue weighted by Gasteiger charge is 2.10. The Kier molecular flexibility index (Phi) is 4.91. The number of halogens is 1. The second kappa shape index (κ2) is 6.71. The Balaban J connectivity index is 0.00000192. The smallest absolute Gasteiger partial charge is 0.323 e. The zero-order valence-electron chi connectivity index (χ0n) is 13.3. The minimum Gasteiger partial charge on any atom is -0.348 e. The number of benzene rings is 1. The maximum Gasteiger partial charge on any atom is 0.323 e. The van der Waals surface area contributed by atoms with E-state index in [1.54, 1.807) is 24.5 Å². The van der Waals surface area contributed by atoms with Crippen LogP contribution in [0, 0.1) is 13.8 Å². The molecule has 0 bridgehead atoms. The van der Waals surface area contributed by atoms with Crippen molar-refractivity contribution in [3.63, 3.8) is 0 Å². The first kappa shape index (κ1) is 16.8. The van der Waals surface area contributed by atoms with Gasteiger partial charge in [-0.05, 0) is 49.7 Å². The van der Waals surface area contributed by atoms with Gasteiger partial charge >= 0.3 is 6.03 Å². The SMILES string of the molecule is Cc1c(C)n(C)c2ccc(NC(=O)Nc3cccnc3)cc12.Cl. The highest BCUT2D eigenvalue weighted by Crippen LogP contribution is 2.26. The molecule has 1 aromatic carbocycles. The molecule has 23 heavy (non-hydrogen) atoms. The molecule has 0 radical (unpaired) electrons. The lowest BCUT2D eigenvalue weighted by Crippen LogP contribution is -2.19. The number of carbonyl (C=O) groups is 1. The van der Waals surface area contributed by atoms with Crippen LogP contribution in [0.15, 0.2) is 42.7 Å². The number of hydrogen-bond acceptors (Lipinski definition) is 2. The van der Waals surface area contributed by atoms with Gasteiger partial charge in [-0.1, -0.05) is 0 Å². The molecule has 2 heterocycles. The molecule has 0 aliphatic rings. The molecule has 6 heteroatoms. The Hall–Kier alpha value is -2.53. The minimum atomic E-state index is -0.280. The van der Waals surface area contributed by atoms with Crippen molar-refractivity contribution in [2.45, 2.75) is 13.8 Å². The number of nitrogens with one attached hydrogen (secondary N) is 2. The summed E-state index contributed by atoms with van der Waals surface area (Å²) in [5, 5.41) is 6.76. The van der Waals surface area contributed by atoms with E-state index in [0.29, 0.717) is 5.69 Å². The summed E-state index contributed by atoms with van der Waals surface area (Å²) in [6, 6.07) is 9.22. The van der Waals surface area contributed by atoms with E-state index in [1.165, 1.54) is 11.3 Å². The van der Waals surface area contributed by atoms with Crippen LogP contribution in [-0.4, -0.2) is 15.6 Å². The molecule has 0 atom stereocenters. The maximum absolute atomic E-state index is 12.0. The first-order chi connectivity index (χ1) is 10.6. The van der Waals surface area contributed by atoms with E-state index in [-0.39, 0.29) is 18.4 Å². The summed E-state index contributed by atoms with van der Waals surface area (Å²) in [6.07, 6.45) is 3.27. The molecule has 120 valence electrons. The van der Waals surface area contributed by atoms with Gasteiger partial charge in [-0.25, -0.2) is 4.79 Å². The van der Waals surface area contributed by atoms with E-state index in [2.05, 4.69) is 34.0 Å². The maximum atomic E-state index is 12.0. The molecule has 0 aliphatic heterocycles. The van der Waals surface area contributed by atoms with Crippen LogP contribution < -0.4 is 10.6 Å². The second-order valence-electron chi connectivity index (χ2n) is 5.32. The highest BCUT2D eigenvalue weighted by atomic mass is 35.5. The summed E-state index contributed by atoms with van der Waals surface area (Å²) in [6.45, 7) is 4.19. The zero-order valence-corrected chi connectivity index (χ0v) is 14.1. The van der Waals surface area contributed by atoms with Gasteiger partial charge in [0.05, 0.1) is 11.9 Å². The van der Waals surface area contributed by atoms with Crippen molar-refractivity contribution in [3.8, 4) is 0 Å². The number of rotatable bonds is 2. The molecule has 0 fully saturated rings. The molecule has 2 aromatic heterocycles. The van der Waals surface area contributed by atoms with Crippen molar-refractivity contribution in [2.24, 2.45) is 7.05 Å². The van der Waals surface area contributed by atoms with Crippen LogP contribution in [0.3, 0.4) is 0 Å². The van der Waals surface area contributed by atoms with E-state index in [1.807, 2.05) is 25.2 Å². The Labute approximate surface area is 141 Å². The zero-order chi connectivity index (χ0) is 15.7. The molecule has 0 spiro atoms. The number of amides is 2. The van der Waals surface area contributed by atoms with Crippen LogP contribution in [0.1, 0.15) is 11.3 Å². The topological polar surface area (TPSA) is 59.0 Å². The van der Waals surface area contributed by atoms with Gasteiger partial charge in [0, 0.05) is 35.5 Å². The predicted molar refractivity (Wildman–Crippen MR) is 96.5 cm³/mol. The van der Waals surface area contributed by atoms with Crippen LogP contribution >= 0.6 is 12.4 Å². The van der Waals surface area contributed by atoms with E-state index in [0.717, 1.165) is 16.6 Å². The van der Waals surface area contributed by atoms with Crippen molar-refractivity contribution >= 4 is 40.7 Å². The first-order valence-electron chi connectivity index (χ1n) is 7.10. The molecule has 3 rings (SSSR count). The van der Waals surface area contributed by atoms with Crippen LogP contribution in [-0.2, 0) is 7.05 Å². The molecule has 3 aromatic rings. The standard InChI is InChI=1S/C17H18N4O.ClH/c1-11-12(2)21(3)16-7-6-13(9-15(11)16)19-17(22)20-14-5-4-8-18-10-14;/h4-10H,1-3H3,(H2,19,20,22);1H. The molecule has 0 saturated heterocycles. The number of pyridine rings is 1. The molecule has 2 amide bonds. The average Bonchev–Trinajstić information content (AvgIpc) is 2.73. The number of hydrogen-bond donors (Lipinski definition) is 2. The van der Waals surface area contributed by atoms with E-state index in [4.69, 9.17) is 0 Å². The lowest BCUT2D eigenvalue weighted by molar-refractivity contribution is 0.262. The largest absolute Gasteiger partial charge is 0.348 e. The highest BCUT2D eigenvalue weighted by molar-refractivity contribution is 6.01. The quantitative estimate of drug-likeness (QED) is 0.737. The molecule has 0 unspecified atom stereocenters. The van der Waals surface area contributed by atoms with Crippen molar-refractivity contribution in [1.82, 2.24) is 9.55 Å². The Morgan fingerprint density at radius 2 is 1.87 bits per heavy atom. The fourth-order valence-electron chi connectivity index (χ4n) is 2.56. The third-order valence-electron chi connectivity index (χ3n) is 3.99. The Bertz CT molecular complexity index is 843.